The quantitative estimate of drug-likeness (QED) is 0.835. The molecule has 0 aliphatic carbocycles. The number of rotatable bonds is 4. The van der Waals surface area contributed by atoms with Gasteiger partial charge in [0, 0.05) is 37.6 Å². The summed E-state index contributed by atoms with van der Waals surface area (Å²) in [6.07, 6.45) is 2.17. The van der Waals surface area contributed by atoms with Crippen LogP contribution < -0.4 is 9.80 Å². The number of para-hydroxylation sites is 1. The maximum absolute atomic E-state index is 12.7. The molecule has 0 saturated carbocycles. The number of anilines is 2. The van der Waals surface area contributed by atoms with Crippen LogP contribution in [0.15, 0.2) is 48.7 Å². The van der Waals surface area contributed by atoms with Crippen LogP contribution in [0.1, 0.15) is 16.8 Å². The highest BCUT2D eigenvalue weighted by molar-refractivity contribution is 7.91. The third-order valence-electron chi connectivity index (χ3n) is 4.56. The highest BCUT2D eigenvalue weighted by Gasteiger charge is 2.31. The summed E-state index contributed by atoms with van der Waals surface area (Å²) in [6.45, 7) is 0. The van der Waals surface area contributed by atoms with Gasteiger partial charge in [-0.2, -0.15) is 0 Å². The van der Waals surface area contributed by atoms with Crippen molar-refractivity contribution in [3.8, 4) is 0 Å². The van der Waals surface area contributed by atoms with Gasteiger partial charge in [-0.3, -0.25) is 4.79 Å². The number of sulfone groups is 1. The number of amides is 1. The highest BCUT2D eigenvalue weighted by atomic mass is 32.2. The molecule has 1 aliphatic rings. The second-order valence-electron chi connectivity index (χ2n) is 6.27. The van der Waals surface area contributed by atoms with E-state index in [9.17, 15) is 13.2 Å². The third-order valence-corrected chi connectivity index (χ3v) is 6.31. The van der Waals surface area contributed by atoms with E-state index in [1.807, 2.05) is 42.3 Å². The predicted octanol–water partition coefficient (Wildman–Crippen LogP) is 1.98. The Hall–Kier alpha value is -2.41. The monoisotopic (exact) mass is 359 g/mol. The van der Waals surface area contributed by atoms with Crippen LogP contribution in [-0.2, 0) is 9.84 Å². The van der Waals surface area contributed by atoms with E-state index < -0.39 is 9.84 Å². The Morgan fingerprint density at radius 3 is 2.52 bits per heavy atom. The number of pyridine rings is 1. The van der Waals surface area contributed by atoms with Crippen LogP contribution in [0.5, 0.6) is 0 Å². The normalized spacial score (nSPS) is 18.7. The Bertz CT molecular complexity index is 868. The van der Waals surface area contributed by atoms with Crippen molar-refractivity contribution in [3.63, 3.8) is 0 Å². The van der Waals surface area contributed by atoms with Gasteiger partial charge in [0.15, 0.2) is 9.84 Å². The van der Waals surface area contributed by atoms with Crippen LogP contribution >= 0.6 is 0 Å². The number of hydrogen-bond donors (Lipinski definition) is 0. The lowest BCUT2D eigenvalue weighted by molar-refractivity contribution is 0.0993. The third kappa shape index (κ3) is 3.82. The van der Waals surface area contributed by atoms with Crippen LogP contribution in [0, 0.1) is 0 Å². The summed E-state index contributed by atoms with van der Waals surface area (Å²) in [4.78, 5) is 20.5. The predicted molar refractivity (Wildman–Crippen MR) is 98.9 cm³/mol. The molecular weight excluding hydrogens is 338 g/mol. The zero-order valence-corrected chi connectivity index (χ0v) is 15.1. The molecule has 0 radical (unpaired) electrons. The standard InChI is InChI=1S/C18H21N3O3S/c1-20(16-9-11-25(23,24)13-16)17-12-14(8-10-19-17)18(22)21(2)15-6-4-3-5-7-15/h3-8,10,12,16H,9,11,13H2,1-2H3. The van der Waals surface area contributed by atoms with E-state index >= 15 is 0 Å². The highest BCUT2D eigenvalue weighted by Crippen LogP contribution is 2.23. The second-order valence-corrected chi connectivity index (χ2v) is 8.50. The van der Waals surface area contributed by atoms with Gasteiger partial charge < -0.3 is 9.80 Å². The maximum Gasteiger partial charge on any atom is 0.258 e. The van der Waals surface area contributed by atoms with Crippen LogP contribution in [0.4, 0.5) is 11.5 Å². The summed E-state index contributed by atoms with van der Waals surface area (Å²) in [6, 6.07) is 12.7. The van der Waals surface area contributed by atoms with Gasteiger partial charge in [-0.25, -0.2) is 13.4 Å². The first-order chi connectivity index (χ1) is 11.9. The smallest absolute Gasteiger partial charge is 0.258 e. The van der Waals surface area contributed by atoms with Crippen molar-refractivity contribution in [2.45, 2.75) is 12.5 Å². The lowest BCUT2D eigenvalue weighted by Crippen LogP contribution is -2.33. The van der Waals surface area contributed by atoms with Crippen molar-refractivity contribution < 1.29 is 13.2 Å². The summed E-state index contributed by atoms with van der Waals surface area (Å²) in [7, 11) is 0.581. The summed E-state index contributed by atoms with van der Waals surface area (Å²) in [5.41, 5.74) is 1.32. The molecular formula is C18H21N3O3S. The van der Waals surface area contributed by atoms with Crippen LogP contribution in [0.2, 0.25) is 0 Å². The van der Waals surface area contributed by atoms with Gasteiger partial charge in [-0.1, -0.05) is 18.2 Å². The molecule has 2 aromatic rings. The lowest BCUT2D eigenvalue weighted by atomic mass is 10.2. The van der Waals surface area contributed by atoms with E-state index in [1.54, 1.807) is 30.3 Å². The average molecular weight is 359 g/mol. The van der Waals surface area contributed by atoms with Gasteiger partial charge in [0.25, 0.3) is 5.91 Å². The minimum atomic E-state index is -2.97. The molecule has 6 nitrogen and oxygen atoms in total. The van der Waals surface area contributed by atoms with Crippen molar-refractivity contribution in [1.82, 2.24) is 4.98 Å². The Morgan fingerprint density at radius 1 is 1.16 bits per heavy atom. The fourth-order valence-corrected chi connectivity index (χ4v) is 4.75. The van der Waals surface area contributed by atoms with Crippen molar-refractivity contribution in [1.29, 1.82) is 0 Å². The molecule has 1 fully saturated rings. The molecule has 1 aliphatic heterocycles. The van der Waals surface area contributed by atoms with Crippen molar-refractivity contribution >= 4 is 27.2 Å². The number of carbonyl (C=O) groups excluding carboxylic acids is 1. The summed E-state index contributed by atoms with van der Waals surface area (Å²) >= 11 is 0. The molecule has 0 bridgehead atoms. The Balaban J connectivity index is 1.80. The van der Waals surface area contributed by atoms with Crippen LogP contribution in [0.25, 0.3) is 0 Å². The van der Waals surface area contributed by atoms with E-state index in [2.05, 4.69) is 4.98 Å². The second kappa shape index (κ2) is 6.84. The molecule has 1 aromatic heterocycles. The number of aromatic nitrogens is 1. The number of hydrogen-bond acceptors (Lipinski definition) is 5. The molecule has 3 rings (SSSR count). The van der Waals surface area contributed by atoms with Crippen LogP contribution in [0.3, 0.4) is 0 Å². The largest absolute Gasteiger partial charge is 0.356 e. The lowest BCUT2D eigenvalue weighted by Gasteiger charge is -2.25. The maximum atomic E-state index is 12.7. The summed E-state index contributed by atoms with van der Waals surface area (Å²) in [5.74, 6) is 0.807. The molecule has 0 N–H and O–H groups in total. The molecule has 1 saturated heterocycles. The van der Waals surface area contributed by atoms with E-state index in [-0.39, 0.29) is 23.5 Å². The zero-order chi connectivity index (χ0) is 18.0. The SMILES string of the molecule is CN(C(=O)c1ccnc(N(C)C2CCS(=O)(=O)C2)c1)c1ccccc1. The van der Waals surface area contributed by atoms with E-state index in [0.717, 1.165) is 5.69 Å². The first-order valence-electron chi connectivity index (χ1n) is 8.10. The minimum absolute atomic E-state index is 0.102. The van der Waals surface area contributed by atoms with Crippen molar-refractivity contribution in [3.05, 3.63) is 54.2 Å². The van der Waals surface area contributed by atoms with Gasteiger partial charge in [0.05, 0.1) is 11.5 Å². The molecule has 7 heteroatoms. The van der Waals surface area contributed by atoms with Crippen molar-refractivity contribution in [2.24, 2.45) is 0 Å². The number of carbonyl (C=O) groups is 1. The fourth-order valence-electron chi connectivity index (χ4n) is 2.97. The molecule has 1 atom stereocenters. The van der Waals surface area contributed by atoms with Gasteiger partial charge in [0.1, 0.15) is 5.82 Å². The minimum Gasteiger partial charge on any atom is -0.356 e. The molecule has 1 amide bonds. The average Bonchev–Trinajstić information content (AvgIpc) is 3.00. The summed E-state index contributed by atoms with van der Waals surface area (Å²) in [5, 5.41) is 0. The first kappa shape index (κ1) is 17.4. The van der Waals surface area contributed by atoms with Gasteiger partial charge in [0.2, 0.25) is 0 Å². The molecule has 25 heavy (non-hydrogen) atoms. The van der Waals surface area contributed by atoms with Crippen molar-refractivity contribution in [2.75, 3.05) is 35.4 Å². The van der Waals surface area contributed by atoms with Gasteiger partial charge in [-0.15, -0.1) is 0 Å². The number of benzene rings is 1. The van der Waals surface area contributed by atoms with E-state index in [4.69, 9.17) is 0 Å². The van der Waals surface area contributed by atoms with Crippen LogP contribution in [-0.4, -0.2) is 51.0 Å². The summed E-state index contributed by atoms with van der Waals surface area (Å²) < 4.78 is 23.4. The van der Waals surface area contributed by atoms with E-state index in [1.165, 1.54) is 0 Å². The zero-order valence-electron chi connectivity index (χ0n) is 14.3. The molecule has 1 unspecified atom stereocenters. The van der Waals surface area contributed by atoms with Gasteiger partial charge >= 0.3 is 0 Å². The Kier molecular flexibility index (Phi) is 4.76. The fraction of sp³-hybridized carbons (Fsp3) is 0.333. The molecule has 2 heterocycles. The van der Waals surface area contributed by atoms with E-state index in [0.29, 0.717) is 17.8 Å². The molecule has 0 spiro atoms. The van der Waals surface area contributed by atoms with Gasteiger partial charge in [-0.05, 0) is 30.7 Å². The molecule has 1 aromatic carbocycles. The first-order valence-corrected chi connectivity index (χ1v) is 9.92. The molecule has 132 valence electrons. The number of nitrogens with zero attached hydrogens (tertiary/aromatic N) is 3. The Morgan fingerprint density at radius 2 is 1.88 bits per heavy atom. The topological polar surface area (TPSA) is 70.6 Å². The Labute approximate surface area is 148 Å².